The molecule has 14 heteroatoms. The molecule has 0 aliphatic carbocycles. The van der Waals surface area contributed by atoms with Crippen LogP contribution in [0.3, 0.4) is 0 Å². The summed E-state index contributed by atoms with van der Waals surface area (Å²) in [6.07, 6.45) is 0.852. The summed E-state index contributed by atoms with van der Waals surface area (Å²) in [5.41, 5.74) is 1.61. The number of aromatic nitrogens is 1. The summed E-state index contributed by atoms with van der Waals surface area (Å²) in [5, 5.41) is 0. The number of imide groups is 1. The first kappa shape index (κ1) is 29.9. The van der Waals surface area contributed by atoms with Gasteiger partial charge in [0.15, 0.2) is 5.82 Å². The smallest absolute Gasteiger partial charge is 0.425 e. The zero-order chi connectivity index (χ0) is 27.2. The lowest BCUT2D eigenvalue weighted by Gasteiger charge is -2.23. The predicted molar refractivity (Wildman–Crippen MR) is 145 cm³/mol. The molecule has 200 valence electrons. The van der Waals surface area contributed by atoms with Crippen molar-refractivity contribution in [3.63, 3.8) is 0 Å². The Morgan fingerprint density at radius 1 is 0.973 bits per heavy atom. The van der Waals surface area contributed by atoms with E-state index in [1.54, 1.807) is 11.0 Å². The fourth-order valence-electron chi connectivity index (χ4n) is 3.62. The molecule has 0 radical (unpaired) electrons. The lowest BCUT2D eigenvalue weighted by Crippen LogP contribution is -2.40. The van der Waals surface area contributed by atoms with Gasteiger partial charge in [0.25, 0.3) is 0 Å². The Kier molecular flexibility index (Phi) is 10.4. The number of halogens is 6. The molecule has 1 aliphatic rings. The average molecular weight is 632 g/mol. The van der Waals surface area contributed by atoms with E-state index in [9.17, 15) is 14.4 Å². The lowest BCUT2D eigenvalue weighted by molar-refractivity contribution is -0.117. The molecule has 1 unspecified atom stereocenters. The van der Waals surface area contributed by atoms with Crippen LogP contribution in [0.1, 0.15) is 18.4 Å². The van der Waals surface area contributed by atoms with Crippen LogP contribution < -0.4 is 9.80 Å². The number of pyridine rings is 1. The SMILES string of the molecule is O=C1CC(CCc2ccccc2)CN1c1ccnc(N(C(=O)OCC(Cl)(Cl)Cl)C(=O)OCC(Cl)(Cl)Cl)c1. The molecule has 2 heterocycles. The van der Waals surface area contributed by atoms with E-state index >= 15 is 0 Å². The minimum Gasteiger partial charge on any atom is -0.444 e. The highest BCUT2D eigenvalue weighted by atomic mass is 35.6. The van der Waals surface area contributed by atoms with Gasteiger partial charge < -0.3 is 14.4 Å². The van der Waals surface area contributed by atoms with Crippen LogP contribution in [-0.2, 0) is 20.7 Å². The Labute approximate surface area is 243 Å². The van der Waals surface area contributed by atoms with E-state index in [-0.39, 0.29) is 17.6 Å². The van der Waals surface area contributed by atoms with E-state index in [1.807, 2.05) is 30.3 Å². The monoisotopic (exact) mass is 629 g/mol. The summed E-state index contributed by atoms with van der Waals surface area (Å²) in [6, 6.07) is 12.9. The lowest BCUT2D eigenvalue weighted by atomic mass is 9.99. The van der Waals surface area contributed by atoms with Crippen molar-refractivity contribution in [3.8, 4) is 0 Å². The van der Waals surface area contributed by atoms with Crippen LogP contribution in [0.25, 0.3) is 0 Å². The maximum absolute atomic E-state index is 12.8. The van der Waals surface area contributed by atoms with Crippen LogP contribution in [-0.4, -0.2) is 50.4 Å². The number of alkyl halides is 6. The number of anilines is 2. The molecule has 0 spiro atoms. The fraction of sp³-hybridized carbons (Fsp3) is 0.391. The molecule has 37 heavy (non-hydrogen) atoms. The molecule has 2 aromatic rings. The summed E-state index contributed by atoms with van der Waals surface area (Å²) < 4.78 is 5.98. The first-order chi connectivity index (χ1) is 17.3. The maximum atomic E-state index is 12.8. The number of amides is 3. The number of aryl methyl sites for hydroxylation is 1. The topological polar surface area (TPSA) is 89.0 Å². The number of nitrogens with zero attached hydrogens (tertiary/aromatic N) is 3. The van der Waals surface area contributed by atoms with Crippen LogP contribution in [0.5, 0.6) is 0 Å². The van der Waals surface area contributed by atoms with Crippen LogP contribution in [0.15, 0.2) is 48.7 Å². The molecule has 1 saturated heterocycles. The van der Waals surface area contributed by atoms with Crippen molar-refractivity contribution < 1.29 is 23.9 Å². The molecule has 1 fully saturated rings. The zero-order valence-corrected chi connectivity index (χ0v) is 23.6. The highest BCUT2D eigenvalue weighted by Crippen LogP contribution is 2.31. The van der Waals surface area contributed by atoms with E-state index in [4.69, 9.17) is 79.1 Å². The molecule has 1 aliphatic heterocycles. The van der Waals surface area contributed by atoms with Gasteiger partial charge in [-0.05, 0) is 30.4 Å². The summed E-state index contributed by atoms with van der Waals surface area (Å²) in [4.78, 5) is 44.3. The summed E-state index contributed by atoms with van der Waals surface area (Å²) in [5.74, 6) is -0.176. The van der Waals surface area contributed by atoms with E-state index in [2.05, 4.69) is 4.98 Å². The Balaban J connectivity index is 1.77. The molecule has 3 amide bonds. The summed E-state index contributed by atoms with van der Waals surface area (Å²) in [7, 11) is 0. The Bertz CT molecular complexity index is 1080. The second-order valence-corrected chi connectivity index (χ2v) is 13.2. The second-order valence-electron chi connectivity index (χ2n) is 8.15. The van der Waals surface area contributed by atoms with Gasteiger partial charge in [-0.25, -0.2) is 14.6 Å². The minimum atomic E-state index is -1.94. The molecule has 8 nitrogen and oxygen atoms in total. The third-order valence-electron chi connectivity index (χ3n) is 5.24. The van der Waals surface area contributed by atoms with Crippen molar-refractivity contribution in [1.29, 1.82) is 0 Å². The van der Waals surface area contributed by atoms with Crippen molar-refractivity contribution in [2.24, 2.45) is 5.92 Å². The normalized spacial score (nSPS) is 16.0. The standard InChI is InChI=1S/C23H21Cl6N3O5/c24-22(25,26)13-36-20(34)32(21(35)37-14-23(27,28)29)18-11-17(8-9-30-18)31-12-16(10-19(31)33)7-6-15-4-2-1-3-5-15/h1-5,8-9,11,16H,6-7,10,12-14H2. The van der Waals surface area contributed by atoms with E-state index < -0.39 is 33.0 Å². The molecule has 3 rings (SSSR count). The molecule has 1 aromatic heterocycles. The molecule has 0 N–H and O–H groups in total. The van der Waals surface area contributed by atoms with Gasteiger partial charge in [0.2, 0.25) is 13.5 Å². The Hall–Kier alpha value is -1.68. The first-order valence-electron chi connectivity index (χ1n) is 10.9. The van der Waals surface area contributed by atoms with Gasteiger partial charge >= 0.3 is 12.2 Å². The van der Waals surface area contributed by atoms with E-state index in [0.29, 0.717) is 23.6 Å². The van der Waals surface area contributed by atoms with Crippen molar-refractivity contribution in [2.75, 3.05) is 29.6 Å². The number of benzene rings is 1. The molecule has 0 bridgehead atoms. The quantitative estimate of drug-likeness (QED) is 0.309. The highest BCUT2D eigenvalue weighted by Gasteiger charge is 2.35. The summed E-state index contributed by atoms with van der Waals surface area (Å²) in [6.45, 7) is -0.874. The number of rotatable bonds is 7. The fourth-order valence-corrected chi connectivity index (χ4v) is 3.94. The third kappa shape index (κ3) is 9.53. The van der Waals surface area contributed by atoms with Gasteiger partial charge in [0.05, 0.1) is 0 Å². The minimum absolute atomic E-state index is 0.0978. The number of carbonyl (C=O) groups excluding carboxylic acids is 3. The molecular formula is C23H21Cl6N3O5. The molecule has 1 atom stereocenters. The van der Waals surface area contributed by atoms with Crippen molar-refractivity contribution >= 4 is 99.2 Å². The predicted octanol–water partition coefficient (Wildman–Crippen LogP) is 6.89. The number of ether oxygens (including phenoxy) is 2. The number of hydrogen-bond donors (Lipinski definition) is 0. The Morgan fingerprint density at radius 2 is 1.57 bits per heavy atom. The molecule has 1 aromatic carbocycles. The van der Waals surface area contributed by atoms with Gasteiger partial charge in [0.1, 0.15) is 13.2 Å². The maximum Gasteiger partial charge on any atom is 0.425 e. The van der Waals surface area contributed by atoms with Crippen molar-refractivity contribution in [3.05, 3.63) is 54.2 Å². The van der Waals surface area contributed by atoms with Crippen LogP contribution >= 0.6 is 69.6 Å². The highest BCUT2D eigenvalue weighted by molar-refractivity contribution is 6.68. The van der Waals surface area contributed by atoms with Gasteiger partial charge in [0, 0.05) is 30.9 Å². The van der Waals surface area contributed by atoms with Crippen molar-refractivity contribution in [2.45, 2.75) is 26.8 Å². The molecular weight excluding hydrogens is 611 g/mol. The van der Waals surface area contributed by atoms with Gasteiger partial charge in [-0.1, -0.05) is 99.9 Å². The van der Waals surface area contributed by atoms with E-state index in [1.165, 1.54) is 17.8 Å². The third-order valence-corrected chi connectivity index (χ3v) is 5.90. The summed E-state index contributed by atoms with van der Waals surface area (Å²) >= 11 is 33.8. The van der Waals surface area contributed by atoms with E-state index in [0.717, 1.165) is 12.8 Å². The zero-order valence-electron chi connectivity index (χ0n) is 19.1. The molecule has 0 saturated carbocycles. The van der Waals surface area contributed by atoms with Crippen LogP contribution in [0, 0.1) is 5.92 Å². The number of carbonyl (C=O) groups is 3. The van der Waals surface area contributed by atoms with Crippen molar-refractivity contribution in [1.82, 2.24) is 4.98 Å². The van der Waals surface area contributed by atoms with Crippen LogP contribution in [0.2, 0.25) is 0 Å². The largest absolute Gasteiger partial charge is 0.444 e. The average Bonchev–Trinajstić information content (AvgIpc) is 3.21. The van der Waals surface area contributed by atoms with Gasteiger partial charge in [-0.3, -0.25) is 4.79 Å². The number of hydrogen-bond acceptors (Lipinski definition) is 6. The van der Waals surface area contributed by atoms with Gasteiger partial charge in [-0.2, -0.15) is 4.90 Å². The van der Waals surface area contributed by atoms with Gasteiger partial charge in [-0.15, -0.1) is 0 Å². The second kappa shape index (κ2) is 12.9. The van der Waals surface area contributed by atoms with Crippen LogP contribution in [0.4, 0.5) is 21.1 Å². The first-order valence-corrected chi connectivity index (χ1v) is 13.2. The Morgan fingerprint density at radius 3 is 2.14 bits per heavy atom.